The molecule has 0 spiro atoms. The molecule has 14 heteroatoms. The van der Waals surface area contributed by atoms with Gasteiger partial charge in [0.05, 0.1) is 19.8 Å². The number of aliphatic carboxylic acids is 1. The molecule has 2 aliphatic heterocycles. The smallest absolute Gasteiger partial charge is 0.322 e. The van der Waals surface area contributed by atoms with E-state index in [0.717, 1.165) is 0 Å². The van der Waals surface area contributed by atoms with E-state index in [2.05, 4.69) is 0 Å². The minimum Gasteiger partial charge on any atom is -0.480 e. The zero-order valence-corrected chi connectivity index (χ0v) is 15.2. The van der Waals surface area contributed by atoms with Gasteiger partial charge in [0.25, 0.3) is 0 Å². The summed E-state index contributed by atoms with van der Waals surface area (Å²) >= 11 is 0. The van der Waals surface area contributed by atoms with Gasteiger partial charge in [-0.3, -0.25) is 4.79 Å². The van der Waals surface area contributed by atoms with Crippen LogP contribution in [0.15, 0.2) is 0 Å². The van der Waals surface area contributed by atoms with Gasteiger partial charge in [0.2, 0.25) is 0 Å². The molecule has 0 bridgehead atoms. The summed E-state index contributed by atoms with van der Waals surface area (Å²) in [6.45, 7) is -2.00. The van der Waals surface area contributed by atoms with Crippen molar-refractivity contribution in [2.75, 3.05) is 19.8 Å². The Balaban J connectivity index is 2.06. The molecule has 2 aliphatic rings. The van der Waals surface area contributed by atoms with E-state index in [1.165, 1.54) is 0 Å². The molecule has 0 saturated carbocycles. The number of aliphatic hydroxyl groups is 7. The van der Waals surface area contributed by atoms with Gasteiger partial charge in [-0.05, 0) is 0 Å². The first-order valence-electron chi connectivity index (χ1n) is 8.80. The number of nitrogens with two attached hydrogens (primary N) is 1. The summed E-state index contributed by atoms with van der Waals surface area (Å²) in [4.78, 5) is 10.7. The first-order valence-corrected chi connectivity index (χ1v) is 8.80. The van der Waals surface area contributed by atoms with Crippen LogP contribution in [0.25, 0.3) is 0 Å². The van der Waals surface area contributed by atoms with Crippen molar-refractivity contribution in [2.24, 2.45) is 5.73 Å². The largest absolute Gasteiger partial charge is 0.480 e. The normalized spacial score (nSPS) is 44.4. The average molecular weight is 429 g/mol. The molecule has 11 atom stereocenters. The zero-order valence-electron chi connectivity index (χ0n) is 15.2. The Morgan fingerprint density at radius 3 is 1.97 bits per heavy atom. The van der Waals surface area contributed by atoms with Crippen LogP contribution >= 0.6 is 0 Å². The minimum absolute atomic E-state index is 0.555. The molecule has 0 amide bonds. The van der Waals surface area contributed by atoms with Gasteiger partial charge >= 0.3 is 5.97 Å². The number of rotatable bonds is 8. The van der Waals surface area contributed by atoms with E-state index in [9.17, 15) is 40.5 Å². The molecule has 2 fully saturated rings. The number of carboxylic acids is 1. The third-order valence-electron chi connectivity index (χ3n) is 4.72. The Bertz CT molecular complexity index is 534. The van der Waals surface area contributed by atoms with E-state index < -0.39 is 93.2 Å². The first kappa shape index (κ1) is 24.3. The van der Waals surface area contributed by atoms with E-state index in [4.69, 9.17) is 29.8 Å². The predicted octanol–water partition coefficient (Wildman–Crippen LogP) is -5.96. The highest BCUT2D eigenvalue weighted by Gasteiger charge is 2.50. The summed E-state index contributed by atoms with van der Waals surface area (Å²) in [7, 11) is 0. The van der Waals surface area contributed by atoms with E-state index in [0.29, 0.717) is 0 Å². The third-order valence-corrected chi connectivity index (χ3v) is 4.72. The molecule has 2 rings (SSSR count). The summed E-state index contributed by atoms with van der Waals surface area (Å²) in [6.07, 6.45) is -15.9. The number of hydrogen-bond donors (Lipinski definition) is 9. The molecular formula is C15H27NO13. The Morgan fingerprint density at radius 1 is 0.862 bits per heavy atom. The van der Waals surface area contributed by atoms with Crippen LogP contribution in [0.1, 0.15) is 0 Å². The molecular weight excluding hydrogens is 402 g/mol. The van der Waals surface area contributed by atoms with Crippen molar-refractivity contribution in [3.63, 3.8) is 0 Å². The lowest BCUT2D eigenvalue weighted by molar-refractivity contribution is -0.359. The maximum Gasteiger partial charge on any atom is 0.322 e. The molecule has 10 unspecified atom stereocenters. The van der Waals surface area contributed by atoms with Crippen molar-refractivity contribution in [3.8, 4) is 0 Å². The number of aliphatic hydroxyl groups excluding tert-OH is 7. The molecule has 0 aromatic carbocycles. The average Bonchev–Trinajstić information content (AvgIpc) is 2.70. The van der Waals surface area contributed by atoms with Crippen LogP contribution in [0.4, 0.5) is 0 Å². The van der Waals surface area contributed by atoms with E-state index >= 15 is 0 Å². The number of carbonyl (C=O) groups is 1. The lowest BCUT2D eigenvalue weighted by Crippen LogP contribution is -2.64. The fourth-order valence-corrected chi connectivity index (χ4v) is 2.96. The highest BCUT2D eigenvalue weighted by molar-refractivity contribution is 5.73. The van der Waals surface area contributed by atoms with Crippen molar-refractivity contribution >= 4 is 5.97 Å². The molecule has 0 aromatic heterocycles. The van der Waals surface area contributed by atoms with Gasteiger partial charge in [0.15, 0.2) is 12.6 Å². The second kappa shape index (κ2) is 10.3. The lowest BCUT2D eigenvalue weighted by Gasteiger charge is -2.46. The Hall–Kier alpha value is -1.01. The minimum atomic E-state index is -1.78. The fourth-order valence-electron chi connectivity index (χ4n) is 2.96. The first-order chi connectivity index (χ1) is 13.6. The van der Waals surface area contributed by atoms with Gasteiger partial charge < -0.3 is 65.5 Å². The van der Waals surface area contributed by atoms with Crippen LogP contribution in [0, 0.1) is 0 Å². The van der Waals surface area contributed by atoms with Gasteiger partial charge in [-0.1, -0.05) is 0 Å². The van der Waals surface area contributed by atoms with Crippen molar-refractivity contribution in [3.05, 3.63) is 0 Å². The maximum absolute atomic E-state index is 10.7. The monoisotopic (exact) mass is 429 g/mol. The van der Waals surface area contributed by atoms with Crippen LogP contribution in [0.3, 0.4) is 0 Å². The van der Waals surface area contributed by atoms with Crippen molar-refractivity contribution in [2.45, 2.75) is 67.5 Å². The van der Waals surface area contributed by atoms with Gasteiger partial charge in [-0.2, -0.15) is 0 Å². The number of ether oxygens (including phenoxy) is 4. The van der Waals surface area contributed by atoms with Crippen molar-refractivity contribution < 1.29 is 64.6 Å². The topological polar surface area (TPSA) is 242 Å². The second-order valence-corrected chi connectivity index (χ2v) is 6.78. The van der Waals surface area contributed by atoms with Gasteiger partial charge in [-0.15, -0.1) is 0 Å². The summed E-state index contributed by atoms with van der Waals surface area (Å²) in [6, 6.07) is -1.42. The summed E-state index contributed by atoms with van der Waals surface area (Å²) in [5.74, 6) is -1.36. The predicted molar refractivity (Wildman–Crippen MR) is 88.0 cm³/mol. The Kier molecular flexibility index (Phi) is 8.65. The zero-order chi connectivity index (χ0) is 21.9. The summed E-state index contributed by atoms with van der Waals surface area (Å²) in [5.41, 5.74) is 5.29. The molecule has 29 heavy (non-hydrogen) atoms. The SMILES string of the molecule is NC(COC1OC(CO)C(OC2OC(CO)C(O)C(O)C2O)[C@@H](O)C1O)C(=O)O. The van der Waals surface area contributed by atoms with Crippen LogP contribution < -0.4 is 5.73 Å². The standard InChI is InChI=1S/C15H27NO13/c16-4(13(24)25)3-26-14-11(23)9(21)12(6(2-18)28-14)29-15-10(22)8(20)7(19)5(1-17)27-15/h4-12,14-15,17-23H,1-3,16H2,(H,24,25)/t4?,5?,6?,7?,8?,9-,10?,11?,12?,14?,15?/m0/s1. The Labute approximate surface area is 164 Å². The van der Waals surface area contributed by atoms with E-state index in [1.807, 2.05) is 0 Å². The van der Waals surface area contributed by atoms with Crippen molar-refractivity contribution in [1.82, 2.24) is 0 Å². The molecule has 2 saturated heterocycles. The summed E-state index contributed by atoms with van der Waals surface area (Å²) in [5, 5.41) is 77.6. The molecule has 0 radical (unpaired) electrons. The second-order valence-electron chi connectivity index (χ2n) is 6.78. The van der Waals surface area contributed by atoms with Crippen LogP contribution in [-0.4, -0.2) is 134 Å². The lowest BCUT2D eigenvalue weighted by atomic mass is 9.97. The number of hydrogen-bond acceptors (Lipinski definition) is 13. The number of carboxylic acid groups (broad SMARTS) is 1. The van der Waals surface area contributed by atoms with Gasteiger partial charge in [0, 0.05) is 0 Å². The Morgan fingerprint density at radius 2 is 1.41 bits per heavy atom. The van der Waals surface area contributed by atoms with E-state index in [-0.39, 0.29) is 0 Å². The highest BCUT2D eigenvalue weighted by Crippen LogP contribution is 2.29. The summed E-state index contributed by atoms with van der Waals surface area (Å²) < 4.78 is 20.9. The van der Waals surface area contributed by atoms with Gasteiger partial charge in [-0.25, -0.2) is 0 Å². The molecule has 0 aromatic rings. The molecule has 0 aliphatic carbocycles. The quantitative estimate of drug-likeness (QED) is 0.174. The van der Waals surface area contributed by atoms with E-state index in [1.54, 1.807) is 0 Å². The van der Waals surface area contributed by atoms with Crippen molar-refractivity contribution in [1.29, 1.82) is 0 Å². The maximum atomic E-state index is 10.7. The third kappa shape index (κ3) is 5.38. The van der Waals surface area contributed by atoms with Crippen LogP contribution in [0.2, 0.25) is 0 Å². The molecule has 14 nitrogen and oxygen atoms in total. The molecule has 10 N–H and O–H groups in total. The fraction of sp³-hybridized carbons (Fsp3) is 0.933. The molecule has 170 valence electrons. The van der Waals surface area contributed by atoms with Gasteiger partial charge in [0.1, 0.15) is 54.9 Å². The van der Waals surface area contributed by atoms with Crippen LogP contribution in [0.5, 0.6) is 0 Å². The molecule has 2 heterocycles. The van der Waals surface area contributed by atoms with Crippen LogP contribution in [-0.2, 0) is 23.7 Å². The highest BCUT2D eigenvalue weighted by atomic mass is 16.7.